The molecule has 0 amide bonds. The van der Waals surface area contributed by atoms with Crippen molar-refractivity contribution in [3.63, 3.8) is 0 Å². The number of benzene rings is 2. The molecule has 2 rings (SSSR count). The first-order valence-electron chi connectivity index (χ1n) is 5.92. The van der Waals surface area contributed by atoms with Gasteiger partial charge >= 0.3 is 0 Å². The summed E-state index contributed by atoms with van der Waals surface area (Å²) in [4.78, 5) is 1.26. The lowest BCUT2D eigenvalue weighted by Gasteiger charge is -2.20. The first-order valence-corrected chi connectivity index (χ1v) is 7.90. The summed E-state index contributed by atoms with van der Waals surface area (Å²) in [6, 6.07) is 14.2. The van der Waals surface area contributed by atoms with Crippen LogP contribution in [0.15, 0.2) is 47.4 Å². The van der Waals surface area contributed by atoms with E-state index in [2.05, 4.69) is 35.8 Å². The molecule has 0 aliphatic heterocycles. The second-order valence-corrected chi connectivity index (χ2v) is 5.80. The standard InChI is InChI=1S/C15H15Cl2NS/c1-18-15(10-7-8-12(16)13(17)9-10)11-5-3-4-6-14(11)19-2/h3-9,15,18H,1-2H3. The van der Waals surface area contributed by atoms with Crippen LogP contribution in [0.2, 0.25) is 10.0 Å². The molecule has 1 nitrogen and oxygen atoms in total. The summed E-state index contributed by atoms with van der Waals surface area (Å²) in [6.07, 6.45) is 2.08. The molecule has 0 spiro atoms. The molecule has 2 aromatic rings. The largest absolute Gasteiger partial charge is 0.309 e. The zero-order valence-electron chi connectivity index (χ0n) is 10.8. The molecule has 0 radical (unpaired) electrons. The van der Waals surface area contributed by atoms with Gasteiger partial charge in [-0.05, 0) is 42.6 Å². The van der Waals surface area contributed by atoms with Gasteiger partial charge in [-0.15, -0.1) is 11.8 Å². The van der Waals surface area contributed by atoms with E-state index in [9.17, 15) is 0 Å². The molecule has 100 valence electrons. The van der Waals surface area contributed by atoms with Gasteiger partial charge in [0.25, 0.3) is 0 Å². The maximum absolute atomic E-state index is 6.11. The summed E-state index contributed by atoms with van der Waals surface area (Å²) in [5.74, 6) is 0. The Balaban J connectivity index is 2.46. The van der Waals surface area contributed by atoms with Crippen LogP contribution >= 0.6 is 35.0 Å². The fraction of sp³-hybridized carbons (Fsp3) is 0.200. The number of rotatable bonds is 4. The first kappa shape index (κ1) is 14.7. The molecule has 0 bridgehead atoms. The van der Waals surface area contributed by atoms with Gasteiger partial charge in [0.2, 0.25) is 0 Å². The van der Waals surface area contributed by atoms with E-state index in [1.165, 1.54) is 10.5 Å². The van der Waals surface area contributed by atoms with Crippen LogP contribution in [0.3, 0.4) is 0 Å². The van der Waals surface area contributed by atoms with Crippen molar-refractivity contribution >= 4 is 35.0 Å². The smallest absolute Gasteiger partial charge is 0.0595 e. The van der Waals surface area contributed by atoms with Crippen LogP contribution < -0.4 is 5.32 Å². The monoisotopic (exact) mass is 311 g/mol. The van der Waals surface area contributed by atoms with Gasteiger partial charge in [0.05, 0.1) is 16.1 Å². The molecule has 0 fully saturated rings. The lowest BCUT2D eigenvalue weighted by Crippen LogP contribution is -2.18. The minimum Gasteiger partial charge on any atom is -0.309 e. The summed E-state index contributed by atoms with van der Waals surface area (Å²) >= 11 is 13.8. The van der Waals surface area contributed by atoms with E-state index in [0.717, 1.165) is 5.56 Å². The van der Waals surface area contributed by atoms with Gasteiger partial charge in [-0.25, -0.2) is 0 Å². The molecule has 0 saturated carbocycles. The average molecular weight is 312 g/mol. The molecule has 0 aromatic heterocycles. The summed E-state index contributed by atoms with van der Waals surface area (Å²) in [6.45, 7) is 0. The Morgan fingerprint density at radius 2 is 1.79 bits per heavy atom. The van der Waals surface area contributed by atoms with Crippen molar-refractivity contribution in [2.24, 2.45) is 0 Å². The van der Waals surface area contributed by atoms with E-state index in [1.54, 1.807) is 11.8 Å². The van der Waals surface area contributed by atoms with Crippen LogP contribution in [0, 0.1) is 0 Å². The van der Waals surface area contributed by atoms with E-state index < -0.39 is 0 Å². The normalized spacial score (nSPS) is 12.4. The van der Waals surface area contributed by atoms with Crippen LogP contribution in [-0.2, 0) is 0 Å². The molecule has 2 aromatic carbocycles. The van der Waals surface area contributed by atoms with Gasteiger partial charge in [-0.2, -0.15) is 0 Å². The molecule has 4 heteroatoms. The van der Waals surface area contributed by atoms with Gasteiger partial charge in [-0.1, -0.05) is 47.5 Å². The SMILES string of the molecule is CNC(c1ccc(Cl)c(Cl)c1)c1ccccc1SC. The Kier molecular flexibility index (Phi) is 5.17. The average Bonchev–Trinajstić information content (AvgIpc) is 2.44. The van der Waals surface area contributed by atoms with Crippen molar-refractivity contribution in [3.05, 3.63) is 63.6 Å². The third-order valence-corrected chi connectivity index (χ3v) is 4.57. The maximum atomic E-state index is 6.11. The van der Waals surface area contributed by atoms with Crippen LogP contribution in [0.4, 0.5) is 0 Å². The summed E-state index contributed by atoms with van der Waals surface area (Å²) in [5.41, 5.74) is 2.36. The van der Waals surface area contributed by atoms with Gasteiger partial charge < -0.3 is 5.32 Å². The number of nitrogens with one attached hydrogen (secondary N) is 1. The molecule has 0 heterocycles. The van der Waals surface area contributed by atoms with E-state index in [-0.39, 0.29) is 6.04 Å². The van der Waals surface area contributed by atoms with Gasteiger partial charge in [0.15, 0.2) is 0 Å². The molecule has 1 atom stereocenters. The fourth-order valence-electron chi connectivity index (χ4n) is 2.10. The Hall–Kier alpha value is -0.670. The van der Waals surface area contributed by atoms with Crippen LogP contribution in [0.5, 0.6) is 0 Å². The van der Waals surface area contributed by atoms with E-state index in [0.29, 0.717) is 10.0 Å². The lowest BCUT2D eigenvalue weighted by molar-refractivity contribution is 0.680. The third-order valence-electron chi connectivity index (χ3n) is 3.02. The molecule has 19 heavy (non-hydrogen) atoms. The molecule has 0 saturated heterocycles. The van der Waals surface area contributed by atoms with Crippen molar-refractivity contribution in [1.82, 2.24) is 5.32 Å². The van der Waals surface area contributed by atoms with E-state index in [4.69, 9.17) is 23.2 Å². The van der Waals surface area contributed by atoms with Gasteiger partial charge in [0.1, 0.15) is 0 Å². The minimum atomic E-state index is 0.110. The van der Waals surface area contributed by atoms with Crippen LogP contribution in [0.1, 0.15) is 17.2 Å². The third kappa shape index (κ3) is 3.26. The van der Waals surface area contributed by atoms with Gasteiger partial charge in [0, 0.05) is 4.90 Å². The highest BCUT2D eigenvalue weighted by Crippen LogP contribution is 2.32. The second kappa shape index (κ2) is 6.67. The highest BCUT2D eigenvalue weighted by atomic mass is 35.5. The maximum Gasteiger partial charge on any atom is 0.0595 e. The first-order chi connectivity index (χ1) is 9.17. The summed E-state index contributed by atoms with van der Waals surface area (Å²) in [5, 5.41) is 4.51. The second-order valence-electron chi connectivity index (χ2n) is 4.14. The molecular formula is C15H15Cl2NS. The Labute approximate surface area is 128 Å². The van der Waals surface area contributed by atoms with E-state index >= 15 is 0 Å². The minimum absolute atomic E-state index is 0.110. The van der Waals surface area contributed by atoms with Crippen LogP contribution in [0.25, 0.3) is 0 Å². The predicted octanol–water partition coefficient (Wildman–Crippen LogP) is 5.02. The Bertz CT molecular complexity index is 572. The van der Waals surface area contributed by atoms with Gasteiger partial charge in [-0.3, -0.25) is 0 Å². The fourth-order valence-corrected chi connectivity index (χ4v) is 3.04. The highest BCUT2D eigenvalue weighted by Gasteiger charge is 2.16. The lowest BCUT2D eigenvalue weighted by atomic mass is 9.99. The molecular weight excluding hydrogens is 297 g/mol. The molecule has 1 unspecified atom stereocenters. The number of hydrogen-bond acceptors (Lipinski definition) is 2. The summed E-state index contributed by atoms with van der Waals surface area (Å²) in [7, 11) is 1.95. The Morgan fingerprint density at radius 1 is 1.05 bits per heavy atom. The predicted molar refractivity (Wildman–Crippen MR) is 85.6 cm³/mol. The molecule has 0 aliphatic carbocycles. The van der Waals surface area contributed by atoms with E-state index in [1.807, 2.05) is 25.2 Å². The highest BCUT2D eigenvalue weighted by molar-refractivity contribution is 7.98. The number of hydrogen-bond donors (Lipinski definition) is 1. The summed E-state index contributed by atoms with van der Waals surface area (Å²) < 4.78 is 0. The molecule has 1 N–H and O–H groups in total. The number of thioether (sulfide) groups is 1. The Morgan fingerprint density at radius 3 is 2.42 bits per heavy atom. The zero-order valence-corrected chi connectivity index (χ0v) is 13.1. The van der Waals surface area contributed by atoms with Crippen LogP contribution in [-0.4, -0.2) is 13.3 Å². The van der Waals surface area contributed by atoms with Crippen molar-refractivity contribution in [2.45, 2.75) is 10.9 Å². The molecule has 0 aliphatic rings. The van der Waals surface area contributed by atoms with Crippen molar-refractivity contribution < 1.29 is 0 Å². The zero-order chi connectivity index (χ0) is 13.8. The topological polar surface area (TPSA) is 12.0 Å². The quantitative estimate of drug-likeness (QED) is 0.795. The number of halogens is 2. The van der Waals surface area contributed by atoms with Crippen molar-refractivity contribution in [3.8, 4) is 0 Å². The van der Waals surface area contributed by atoms with Crippen molar-refractivity contribution in [2.75, 3.05) is 13.3 Å². The van der Waals surface area contributed by atoms with Crippen molar-refractivity contribution in [1.29, 1.82) is 0 Å².